The predicted molar refractivity (Wildman–Crippen MR) is 26.5 cm³/mol. The van der Waals surface area contributed by atoms with Gasteiger partial charge in [0.1, 0.15) is 0 Å². The molecule has 0 aliphatic rings. The van der Waals surface area contributed by atoms with Gasteiger partial charge in [0.2, 0.25) is 0 Å². The van der Waals surface area contributed by atoms with Gasteiger partial charge in [0.05, 0.1) is 6.61 Å². The van der Waals surface area contributed by atoms with E-state index in [1.165, 1.54) is 0 Å². The molecule has 0 spiro atoms. The molecule has 3 heteroatoms. The standard InChI is InChI=1S/C5H6O3/c1-3-5(6)8-7-4-2/h2-3H,1,4H2. The van der Waals surface area contributed by atoms with Crippen LogP contribution in [0.3, 0.4) is 0 Å². The Morgan fingerprint density at radius 1 is 1.88 bits per heavy atom. The van der Waals surface area contributed by atoms with E-state index in [1.807, 2.05) is 0 Å². The molecule has 0 amide bonds. The monoisotopic (exact) mass is 114 g/mol. The second-order valence-electron chi connectivity index (χ2n) is 0.891. The normalized spacial score (nSPS) is 8.12. The zero-order valence-corrected chi connectivity index (χ0v) is 4.29. The molecule has 2 radical (unpaired) electrons. The lowest BCUT2D eigenvalue weighted by Crippen LogP contribution is -2.00. The first kappa shape index (κ1) is 7.17. The van der Waals surface area contributed by atoms with Crippen LogP contribution >= 0.6 is 0 Å². The van der Waals surface area contributed by atoms with Gasteiger partial charge < -0.3 is 0 Å². The predicted octanol–water partition coefficient (Wildman–Crippen LogP) is 0.358. The highest BCUT2D eigenvalue weighted by Crippen LogP contribution is 1.78. The molecule has 0 rings (SSSR count). The number of hydrogen-bond donors (Lipinski definition) is 0. The van der Waals surface area contributed by atoms with E-state index in [0.29, 0.717) is 0 Å². The minimum Gasteiger partial charge on any atom is -0.294 e. The van der Waals surface area contributed by atoms with E-state index in [4.69, 9.17) is 6.92 Å². The zero-order valence-electron chi connectivity index (χ0n) is 4.29. The van der Waals surface area contributed by atoms with E-state index in [9.17, 15) is 4.79 Å². The molecule has 0 aromatic heterocycles. The van der Waals surface area contributed by atoms with Crippen molar-refractivity contribution in [2.45, 2.75) is 0 Å². The average molecular weight is 114 g/mol. The molecule has 8 heavy (non-hydrogen) atoms. The summed E-state index contributed by atoms with van der Waals surface area (Å²) in [6, 6.07) is 0. The maximum atomic E-state index is 10.0. The highest BCUT2D eigenvalue weighted by atomic mass is 17.2. The van der Waals surface area contributed by atoms with Crippen molar-refractivity contribution in [1.82, 2.24) is 0 Å². The van der Waals surface area contributed by atoms with Crippen LogP contribution in [0.5, 0.6) is 0 Å². The van der Waals surface area contributed by atoms with Gasteiger partial charge in [-0.15, -0.1) is 0 Å². The zero-order chi connectivity index (χ0) is 6.41. The van der Waals surface area contributed by atoms with E-state index in [1.54, 1.807) is 0 Å². The first-order valence-corrected chi connectivity index (χ1v) is 1.97. The minimum atomic E-state index is -0.643. The van der Waals surface area contributed by atoms with Crippen LogP contribution in [0, 0.1) is 6.92 Å². The molecule has 0 bridgehead atoms. The first-order chi connectivity index (χ1) is 3.81. The van der Waals surface area contributed by atoms with Gasteiger partial charge in [-0.25, -0.2) is 4.79 Å². The third-order valence-electron chi connectivity index (χ3n) is 0.376. The summed E-state index contributed by atoms with van der Waals surface area (Å²) in [6.45, 7) is 7.78. The molecule has 0 aromatic rings. The molecule has 0 aliphatic heterocycles. The minimum absolute atomic E-state index is 0.139. The van der Waals surface area contributed by atoms with Crippen molar-refractivity contribution in [3.8, 4) is 0 Å². The van der Waals surface area contributed by atoms with Gasteiger partial charge in [-0.05, 0) is 6.92 Å². The SMILES string of the molecule is [CH]COOC(=O)C=C. The van der Waals surface area contributed by atoms with Gasteiger partial charge in [0.15, 0.2) is 0 Å². The van der Waals surface area contributed by atoms with Gasteiger partial charge in [-0.1, -0.05) is 6.58 Å². The van der Waals surface area contributed by atoms with Crippen molar-refractivity contribution in [1.29, 1.82) is 0 Å². The van der Waals surface area contributed by atoms with Crippen LogP contribution < -0.4 is 0 Å². The topological polar surface area (TPSA) is 35.5 Å². The Labute approximate surface area is 47.8 Å². The molecule has 44 valence electrons. The lowest BCUT2D eigenvalue weighted by atomic mass is 10.7. The van der Waals surface area contributed by atoms with Crippen molar-refractivity contribution in [3.05, 3.63) is 19.6 Å². The molecule has 0 unspecified atom stereocenters. The van der Waals surface area contributed by atoms with E-state index in [-0.39, 0.29) is 6.61 Å². The van der Waals surface area contributed by atoms with Crippen LogP contribution in [-0.4, -0.2) is 12.6 Å². The van der Waals surface area contributed by atoms with E-state index in [2.05, 4.69) is 16.4 Å². The first-order valence-electron chi connectivity index (χ1n) is 1.97. The van der Waals surface area contributed by atoms with Crippen LogP contribution in [0.4, 0.5) is 0 Å². The van der Waals surface area contributed by atoms with Crippen LogP contribution in [0.1, 0.15) is 0 Å². The highest BCUT2D eigenvalue weighted by molar-refractivity contribution is 5.80. The summed E-state index contributed by atoms with van der Waals surface area (Å²) in [5.74, 6) is -0.643. The fourth-order valence-electron chi connectivity index (χ4n) is 0.126. The molecule has 0 aromatic carbocycles. The largest absolute Gasteiger partial charge is 0.365 e. The van der Waals surface area contributed by atoms with Crippen molar-refractivity contribution in [2.75, 3.05) is 6.61 Å². The lowest BCUT2D eigenvalue weighted by Gasteiger charge is -1.93. The molecule has 0 fully saturated rings. The number of carbonyl (C=O) groups is 1. The molecular formula is C5H6O3. The smallest absolute Gasteiger partial charge is 0.294 e. The quantitative estimate of drug-likeness (QED) is 0.302. The number of hydrogen-bond acceptors (Lipinski definition) is 3. The molecule has 0 heterocycles. The summed E-state index contributed by atoms with van der Waals surface area (Å²) < 4.78 is 0. The Kier molecular flexibility index (Phi) is 3.88. The van der Waals surface area contributed by atoms with Gasteiger partial charge in [-0.3, -0.25) is 4.89 Å². The molecule has 0 N–H and O–H groups in total. The summed E-state index contributed by atoms with van der Waals surface area (Å²) >= 11 is 0. The highest BCUT2D eigenvalue weighted by Gasteiger charge is 1.91. The molecule has 0 atom stereocenters. The van der Waals surface area contributed by atoms with Crippen molar-refractivity contribution < 1.29 is 14.6 Å². The third kappa shape index (κ3) is 3.36. The Morgan fingerprint density at radius 3 is 2.88 bits per heavy atom. The second-order valence-corrected chi connectivity index (χ2v) is 0.891. The van der Waals surface area contributed by atoms with Crippen molar-refractivity contribution in [3.63, 3.8) is 0 Å². The fourth-order valence-corrected chi connectivity index (χ4v) is 0.126. The molecule has 0 saturated carbocycles. The van der Waals surface area contributed by atoms with Gasteiger partial charge >= 0.3 is 5.97 Å². The Morgan fingerprint density at radius 2 is 2.50 bits per heavy atom. The van der Waals surface area contributed by atoms with Crippen LogP contribution in [0.25, 0.3) is 0 Å². The Bertz CT molecular complexity index is 87.7. The van der Waals surface area contributed by atoms with Crippen molar-refractivity contribution in [2.24, 2.45) is 0 Å². The average Bonchev–Trinajstić information content (AvgIpc) is 1.83. The summed E-state index contributed by atoms with van der Waals surface area (Å²) in [5.41, 5.74) is 0. The van der Waals surface area contributed by atoms with E-state index >= 15 is 0 Å². The molecule has 3 nitrogen and oxygen atoms in total. The molecular weight excluding hydrogens is 108 g/mol. The summed E-state index contributed by atoms with van der Waals surface area (Å²) in [4.78, 5) is 18.1. The maximum absolute atomic E-state index is 10.0. The second kappa shape index (κ2) is 4.33. The summed E-state index contributed by atoms with van der Waals surface area (Å²) in [6.07, 6.45) is 0.982. The lowest BCUT2D eigenvalue weighted by molar-refractivity contribution is -0.260. The van der Waals surface area contributed by atoms with Crippen LogP contribution in [0.15, 0.2) is 12.7 Å². The van der Waals surface area contributed by atoms with Gasteiger partial charge in [0.25, 0.3) is 0 Å². The van der Waals surface area contributed by atoms with Crippen molar-refractivity contribution >= 4 is 5.97 Å². The summed E-state index contributed by atoms with van der Waals surface area (Å²) in [7, 11) is 0. The van der Waals surface area contributed by atoms with Gasteiger partial charge in [-0.2, -0.15) is 4.89 Å². The number of carbonyl (C=O) groups excluding carboxylic acids is 1. The van der Waals surface area contributed by atoms with E-state index in [0.717, 1.165) is 6.08 Å². The van der Waals surface area contributed by atoms with E-state index < -0.39 is 5.97 Å². The molecule has 0 saturated heterocycles. The Hall–Kier alpha value is -0.830. The number of rotatable bonds is 3. The third-order valence-corrected chi connectivity index (χ3v) is 0.376. The van der Waals surface area contributed by atoms with Crippen LogP contribution in [-0.2, 0) is 14.6 Å². The fraction of sp³-hybridized carbons (Fsp3) is 0.200. The molecule has 0 aliphatic carbocycles. The summed E-state index contributed by atoms with van der Waals surface area (Å²) in [5, 5.41) is 0. The van der Waals surface area contributed by atoms with Gasteiger partial charge in [0, 0.05) is 6.08 Å². The maximum Gasteiger partial charge on any atom is 0.365 e. The van der Waals surface area contributed by atoms with Crippen LogP contribution in [0.2, 0.25) is 0 Å². The Balaban J connectivity index is 3.11.